The lowest BCUT2D eigenvalue weighted by molar-refractivity contribution is 0.873. The van der Waals surface area contributed by atoms with Gasteiger partial charge in [-0.05, 0) is 43.7 Å². The Morgan fingerprint density at radius 2 is 1.83 bits per heavy atom. The summed E-state index contributed by atoms with van der Waals surface area (Å²) in [6, 6.07) is 11.6. The summed E-state index contributed by atoms with van der Waals surface area (Å²) in [6.45, 7) is 4.00. The Kier molecular flexibility index (Phi) is 3.72. The van der Waals surface area contributed by atoms with Gasteiger partial charge in [0, 0.05) is 10.7 Å². The van der Waals surface area contributed by atoms with Gasteiger partial charge >= 0.3 is 0 Å². The first kappa shape index (κ1) is 12.7. The Labute approximate surface area is 112 Å². The average Bonchev–Trinajstić information content (AvgIpc) is 2.34. The number of rotatable bonds is 3. The van der Waals surface area contributed by atoms with Crippen molar-refractivity contribution in [2.45, 2.75) is 19.9 Å². The maximum atomic E-state index is 5.89. The topological polar surface area (TPSA) is 50.9 Å². The van der Waals surface area contributed by atoms with Gasteiger partial charge in [0.2, 0.25) is 0 Å². The van der Waals surface area contributed by atoms with Gasteiger partial charge in [-0.25, -0.2) is 4.98 Å². The molecular formula is C14H16ClN3. The highest BCUT2D eigenvalue weighted by molar-refractivity contribution is 6.30. The first-order valence-corrected chi connectivity index (χ1v) is 6.19. The molecule has 0 saturated heterocycles. The first-order valence-electron chi connectivity index (χ1n) is 5.81. The molecule has 1 aromatic heterocycles. The first-order chi connectivity index (χ1) is 8.56. The maximum absolute atomic E-state index is 5.89. The molecule has 0 saturated carbocycles. The summed E-state index contributed by atoms with van der Waals surface area (Å²) in [4.78, 5) is 4.39. The normalized spacial score (nSPS) is 12.2. The summed E-state index contributed by atoms with van der Waals surface area (Å²) >= 11 is 5.87. The zero-order valence-electron chi connectivity index (χ0n) is 10.4. The molecule has 1 atom stereocenters. The van der Waals surface area contributed by atoms with E-state index in [0.29, 0.717) is 5.69 Å². The van der Waals surface area contributed by atoms with Crippen LogP contribution in [0.1, 0.15) is 24.2 Å². The molecule has 1 heterocycles. The second-order valence-corrected chi connectivity index (χ2v) is 4.74. The molecule has 0 bridgehead atoms. The number of hydrogen-bond donors (Lipinski definition) is 2. The number of nitrogens with zero attached hydrogens (tertiary/aromatic N) is 1. The number of anilines is 2. The van der Waals surface area contributed by atoms with Crippen LogP contribution in [0.4, 0.5) is 11.5 Å². The zero-order chi connectivity index (χ0) is 13.1. The van der Waals surface area contributed by atoms with Crippen molar-refractivity contribution >= 4 is 23.1 Å². The second kappa shape index (κ2) is 5.27. The second-order valence-electron chi connectivity index (χ2n) is 4.31. The van der Waals surface area contributed by atoms with E-state index in [1.807, 2.05) is 43.3 Å². The highest BCUT2D eigenvalue weighted by Gasteiger charge is 2.08. The Hall–Kier alpha value is -1.74. The summed E-state index contributed by atoms with van der Waals surface area (Å²) in [5.74, 6) is 0.720. The van der Waals surface area contributed by atoms with Gasteiger partial charge in [0.15, 0.2) is 0 Å². The number of nitrogens with two attached hydrogens (primary N) is 1. The predicted octanol–water partition coefficient (Wildman–Crippen LogP) is 3.80. The zero-order valence-corrected chi connectivity index (χ0v) is 11.2. The smallest absolute Gasteiger partial charge is 0.149 e. The van der Waals surface area contributed by atoms with E-state index >= 15 is 0 Å². The number of halogens is 1. The van der Waals surface area contributed by atoms with Crippen molar-refractivity contribution in [2.75, 3.05) is 11.1 Å². The van der Waals surface area contributed by atoms with E-state index in [1.165, 1.54) is 0 Å². The van der Waals surface area contributed by atoms with Crippen molar-refractivity contribution in [3.8, 4) is 0 Å². The highest BCUT2D eigenvalue weighted by atomic mass is 35.5. The molecule has 2 rings (SSSR count). The molecule has 3 N–H and O–H groups in total. The molecule has 94 valence electrons. The highest BCUT2D eigenvalue weighted by Crippen LogP contribution is 2.23. The summed E-state index contributed by atoms with van der Waals surface area (Å²) in [6.07, 6.45) is 0. The van der Waals surface area contributed by atoms with E-state index in [-0.39, 0.29) is 6.04 Å². The van der Waals surface area contributed by atoms with Crippen molar-refractivity contribution in [1.29, 1.82) is 0 Å². The van der Waals surface area contributed by atoms with Gasteiger partial charge in [0.1, 0.15) is 5.82 Å². The minimum Gasteiger partial charge on any atom is -0.396 e. The molecule has 0 aliphatic rings. The van der Waals surface area contributed by atoms with E-state index in [1.54, 1.807) is 0 Å². The Morgan fingerprint density at radius 3 is 2.50 bits per heavy atom. The molecule has 1 unspecified atom stereocenters. The maximum Gasteiger partial charge on any atom is 0.149 e. The Morgan fingerprint density at radius 1 is 1.17 bits per heavy atom. The van der Waals surface area contributed by atoms with Gasteiger partial charge in [-0.2, -0.15) is 0 Å². The van der Waals surface area contributed by atoms with E-state index in [9.17, 15) is 0 Å². The minimum absolute atomic E-state index is 0.124. The number of nitrogen functional groups attached to an aromatic ring is 1. The van der Waals surface area contributed by atoms with Gasteiger partial charge in [-0.1, -0.05) is 23.7 Å². The van der Waals surface area contributed by atoms with Crippen molar-refractivity contribution in [1.82, 2.24) is 4.98 Å². The molecular weight excluding hydrogens is 246 g/mol. The summed E-state index contributed by atoms with van der Waals surface area (Å²) in [7, 11) is 0. The largest absolute Gasteiger partial charge is 0.396 e. The molecule has 0 amide bonds. The molecule has 18 heavy (non-hydrogen) atoms. The van der Waals surface area contributed by atoms with Crippen LogP contribution in [0.3, 0.4) is 0 Å². The van der Waals surface area contributed by atoms with E-state index in [4.69, 9.17) is 17.3 Å². The van der Waals surface area contributed by atoms with Gasteiger partial charge in [0.25, 0.3) is 0 Å². The van der Waals surface area contributed by atoms with E-state index in [0.717, 1.165) is 22.1 Å². The summed E-state index contributed by atoms with van der Waals surface area (Å²) in [5.41, 5.74) is 8.63. The summed E-state index contributed by atoms with van der Waals surface area (Å²) in [5, 5.41) is 4.04. The number of benzene rings is 1. The number of hydrogen-bond acceptors (Lipinski definition) is 3. The molecule has 4 heteroatoms. The molecule has 3 nitrogen and oxygen atoms in total. The molecule has 1 aromatic carbocycles. The fourth-order valence-electron chi connectivity index (χ4n) is 1.72. The quantitative estimate of drug-likeness (QED) is 0.884. The molecule has 0 radical (unpaired) electrons. The lowest BCUT2D eigenvalue weighted by atomic mass is 10.1. The standard InChI is InChI=1S/C14H16ClN3/c1-9-3-8-13(16)14(17-9)18-10(2)11-4-6-12(15)7-5-11/h3-8,10H,16H2,1-2H3,(H,17,18). The third-order valence-corrected chi connectivity index (χ3v) is 3.04. The Bertz CT molecular complexity index is 537. The Balaban J connectivity index is 2.18. The van der Waals surface area contributed by atoms with E-state index in [2.05, 4.69) is 17.2 Å². The SMILES string of the molecule is Cc1ccc(N)c(NC(C)c2ccc(Cl)cc2)n1. The van der Waals surface area contributed by atoms with Crippen LogP contribution in [0.25, 0.3) is 0 Å². The average molecular weight is 262 g/mol. The summed E-state index contributed by atoms with van der Waals surface area (Å²) < 4.78 is 0. The monoisotopic (exact) mass is 261 g/mol. The molecule has 0 aliphatic carbocycles. The number of aromatic nitrogens is 1. The van der Waals surface area contributed by atoms with Gasteiger partial charge in [-0.15, -0.1) is 0 Å². The fourth-order valence-corrected chi connectivity index (χ4v) is 1.85. The van der Waals surface area contributed by atoms with Crippen molar-refractivity contribution in [2.24, 2.45) is 0 Å². The third kappa shape index (κ3) is 2.93. The third-order valence-electron chi connectivity index (χ3n) is 2.79. The van der Waals surface area contributed by atoms with Crippen molar-refractivity contribution < 1.29 is 0 Å². The van der Waals surface area contributed by atoms with Crippen LogP contribution in [-0.2, 0) is 0 Å². The van der Waals surface area contributed by atoms with Crippen molar-refractivity contribution in [3.05, 3.63) is 52.7 Å². The number of pyridine rings is 1. The van der Waals surface area contributed by atoms with Crippen LogP contribution in [0.2, 0.25) is 5.02 Å². The van der Waals surface area contributed by atoms with Crippen LogP contribution in [-0.4, -0.2) is 4.98 Å². The molecule has 0 fully saturated rings. The molecule has 0 spiro atoms. The van der Waals surface area contributed by atoms with Crippen LogP contribution in [0, 0.1) is 6.92 Å². The fraction of sp³-hybridized carbons (Fsp3) is 0.214. The van der Waals surface area contributed by atoms with Gasteiger partial charge in [-0.3, -0.25) is 0 Å². The van der Waals surface area contributed by atoms with Crippen LogP contribution >= 0.6 is 11.6 Å². The number of aryl methyl sites for hydroxylation is 1. The predicted molar refractivity (Wildman–Crippen MR) is 76.9 cm³/mol. The van der Waals surface area contributed by atoms with Gasteiger partial charge < -0.3 is 11.1 Å². The molecule has 2 aromatic rings. The molecule has 0 aliphatic heterocycles. The van der Waals surface area contributed by atoms with Crippen LogP contribution in [0.5, 0.6) is 0 Å². The van der Waals surface area contributed by atoms with Crippen molar-refractivity contribution in [3.63, 3.8) is 0 Å². The minimum atomic E-state index is 0.124. The van der Waals surface area contributed by atoms with Crippen LogP contribution in [0.15, 0.2) is 36.4 Å². The lowest BCUT2D eigenvalue weighted by Gasteiger charge is -2.16. The van der Waals surface area contributed by atoms with Gasteiger partial charge in [0.05, 0.1) is 11.7 Å². The number of nitrogens with one attached hydrogen (secondary N) is 1. The van der Waals surface area contributed by atoms with Crippen LogP contribution < -0.4 is 11.1 Å². The van der Waals surface area contributed by atoms with E-state index < -0.39 is 0 Å². The lowest BCUT2D eigenvalue weighted by Crippen LogP contribution is -2.10.